The van der Waals surface area contributed by atoms with Crippen LogP contribution in [-0.4, -0.2) is 33.8 Å². The normalized spacial score (nSPS) is 13.1. The van der Waals surface area contributed by atoms with E-state index < -0.39 is 40.7 Å². The Labute approximate surface area is 107 Å². The molecule has 0 unspecified atom stereocenters. The summed E-state index contributed by atoms with van der Waals surface area (Å²) in [7, 11) is 0. The van der Waals surface area contributed by atoms with E-state index in [2.05, 4.69) is 4.74 Å². The third-order valence-electron chi connectivity index (χ3n) is 2.43. The number of benzene rings is 1. The fourth-order valence-corrected chi connectivity index (χ4v) is 1.39. The lowest BCUT2D eigenvalue weighted by atomic mass is 9.99. The summed E-state index contributed by atoms with van der Waals surface area (Å²) in [5.74, 6) is -8.64. The minimum atomic E-state index is -4.09. The van der Waals surface area contributed by atoms with Gasteiger partial charge in [-0.2, -0.15) is 8.78 Å². The second-order valence-corrected chi connectivity index (χ2v) is 3.69. The minimum Gasteiger partial charge on any atom is -0.504 e. The first-order chi connectivity index (χ1) is 8.73. The number of rotatable bonds is 4. The Bertz CT molecular complexity index is 492. The highest BCUT2D eigenvalue weighted by molar-refractivity contribution is 5.79. The number of hydrogen-bond acceptors (Lipinski definition) is 6. The van der Waals surface area contributed by atoms with Crippen LogP contribution in [0.5, 0.6) is 17.2 Å². The number of aromatic hydroxyl groups is 3. The molecule has 0 fully saturated rings. The number of carbonyl (C=O) groups excluding carboxylic acids is 1. The maximum absolute atomic E-state index is 13.6. The number of halogens is 2. The molecule has 0 aliphatic carbocycles. The van der Waals surface area contributed by atoms with Crippen LogP contribution < -0.4 is 5.73 Å². The molecule has 0 aliphatic heterocycles. The molecular formula is C11H13F2NO5. The van der Waals surface area contributed by atoms with Gasteiger partial charge in [-0.05, 0) is 19.1 Å². The SMILES string of the molecule is CCOC(=O)C(F)(F)[C@H](N)c1ccc(O)c(O)c1O. The summed E-state index contributed by atoms with van der Waals surface area (Å²) in [6, 6.07) is -0.480. The Kier molecular flexibility index (Phi) is 4.15. The van der Waals surface area contributed by atoms with Crippen LogP contribution in [0.2, 0.25) is 0 Å². The first-order valence-corrected chi connectivity index (χ1v) is 5.27. The minimum absolute atomic E-state index is 0.256. The molecule has 0 amide bonds. The van der Waals surface area contributed by atoms with Crippen molar-refractivity contribution in [3.05, 3.63) is 17.7 Å². The highest BCUT2D eigenvalue weighted by Gasteiger charge is 2.49. The monoisotopic (exact) mass is 277 g/mol. The van der Waals surface area contributed by atoms with Crippen molar-refractivity contribution in [1.29, 1.82) is 0 Å². The topological polar surface area (TPSA) is 113 Å². The van der Waals surface area contributed by atoms with Crippen molar-refractivity contribution in [1.82, 2.24) is 0 Å². The summed E-state index contributed by atoms with van der Waals surface area (Å²) in [4.78, 5) is 11.1. The summed E-state index contributed by atoms with van der Waals surface area (Å²) in [6.07, 6.45) is 0. The molecule has 0 saturated heterocycles. The van der Waals surface area contributed by atoms with Crippen LogP contribution in [0.15, 0.2) is 12.1 Å². The first kappa shape index (κ1) is 15.0. The molecule has 0 aliphatic rings. The van der Waals surface area contributed by atoms with Crippen molar-refractivity contribution in [2.75, 3.05) is 6.61 Å². The Morgan fingerprint density at radius 3 is 2.47 bits per heavy atom. The van der Waals surface area contributed by atoms with Gasteiger partial charge < -0.3 is 25.8 Å². The molecule has 1 atom stereocenters. The molecule has 5 N–H and O–H groups in total. The van der Waals surface area contributed by atoms with Crippen molar-refractivity contribution in [2.45, 2.75) is 18.9 Å². The third kappa shape index (κ3) is 2.68. The number of alkyl halides is 2. The van der Waals surface area contributed by atoms with E-state index in [-0.39, 0.29) is 6.61 Å². The predicted octanol–water partition coefficient (Wildman–Crippen LogP) is 1.00. The summed E-state index contributed by atoms with van der Waals surface area (Å²) in [5.41, 5.74) is 4.63. The van der Waals surface area contributed by atoms with Crippen LogP contribution in [0, 0.1) is 0 Å². The molecule has 0 spiro atoms. The zero-order valence-corrected chi connectivity index (χ0v) is 9.93. The number of esters is 1. The molecule has 0 aromatic heterocycles. The number of phenols is 3. The molecule has 8 heteroatoms. The fraction of sp³-hybridized carbons (Fsp3) is 0.364. The van der Waals surface area contributed by atoms with Crippen LogP contribution in [0.3, 0.4) is 0 Å². The van der Waals surface area contributed by atoms with E-state index in [0.717, 1.165) is 12.1 Å². The van der Waals surface area contributed by atoms with Crippen molar-refractivity contribution < 1.29 is 33.6 Å². The van der Waals surface area contributed by atoms with E-state index in [0.29, 0.717) is 0 Å². The molecule has 0 bridgehead atoms. The van der Waals surface area contributed by atoms with Crippen LogP contribution in [0.4, 0.5) is 8.78 Å². The van der Waals surface area contributed by atoms with Crippen molar-refractivity contribution in [2.24, 2.45) is 5.73 Å². The Balaban J connectivity index is 3.16. The molecule has 1 aromatic rings. The summed E-state index contributed by atoms with van der Waals surface area (Å²) in [6.45, 7) is 1.09. The van der Waals surface area contributed by atoms with Crippen LogP contribution in [-0.2, 0) is 9.53 Å². The van der Waals surface area contributed by atoms with Gasteiger partial charge in [0.25, 0.3) is 0 Å². The van der Waals surface area contributed by atoms with E-state index in [1.165, 1.54) is 6.92 Å². The molecule has 19 heavy (non-hydrogen) atoms. The summed E-state index contributed by atoms with van der Waals surface area (Å²) in [5, 5.41) is 27.7. The van der Waals surface area contributed by atoms with E-state index >= 15 is 0 Å². The van der Waals surface area contributed by atoms with Gasteiger partial charge in [0.2, 0.25) is 5.75 Å². The van der Waals surface area contributed by atoms with Crippen LogP contribution >= 0.6 is 0 Å². The van der Waals surface area contributed by atoms with Gasteiger partial charge in [-0.25, -0.2) is 4.79 Å². The van der Waals surface area contributed by atoms with E-state index in [4.69, 9.17) is 10.8 Å². The number of ether oxygens (including phenoxy) is 1. The molecule has 0 saturated carbocycles. The van der Waals surface area contributed by atoms with Gasteiger partial charge in [-0.15, -0.1) is 0 Å². The van der Waals surface area contributed by atoms with E-state index in [1.807, 2.05) is 0 Å². The number of nitrogens with two attached hydrogens (primary N) is 1. The van der Waals surface area contributed by atoms with Gasteiger partial charge in [0.15, 0.2) is 11.5 Å². The fourth-order valence-electron chi connectivity index (χ4n) is 1.39. The zero-order valence-electron chi connectivity index (χ0n) is 9.93. The lowest BCUT2D eigenvalue weighted by molar-refractivity contribution is -0.174. The van der Waals surface area contributed by atoms with Crippen molar-refractivity contribution in [3.63, 3.8) is 0 Å². The van der Waals surface area contributed by atoms with Crippen LogP contribution in [0.25, 0.3) is 0 Å². The van der Waals surface area contributed by atoms with Crippen molar-refractivity contribution in [3.8, 4) is 17.2 Å². The molecule has 6 nitrogen and oxygen atoms in total. The summed E-state index contributed by atoms with van der Waals surface area (Å²) < 4.78 is 31.5. The molecular weight excluding hydrogens is 264 g/mol. The highest BCUT2D eigenvalue weighted by atomic mass is 19.3. The van der Waals surface area contributed by atoms with Gasteiger partial charge in [0.05, 0.1) is 6.61 Å². The molecule has 0 heterocycles. The highest BCUT2D eigenvalue weighted by Crippen LogP contribution is 2.43. The average Bonchev–Trinajstić information content (AvgIpc) is 2.35. The number of phenolic OH excluding ortho intramolecular Hbond substituents is 3. The molecule has 1 rings (SSSR count). The Morgan fingerprint density at radius 1 is 1.37 bits per heavy atom. The Hall–Kier alpha value is -2.09. The lowest BCUT2D eigenvalue weighted by Crippen LogP contribution is -2.41. The van der Waals surface area contributed by atoms with Gasteiger partial charge in [0.1, 0.15) is 6.04 Å². The lowest BCUT2D eigenvalue weighted by Gasteiger charge is -2.22. The van der Waals surface area contributed by atoms with E-state index in [9.17, 15) is 23.8 Å². The van der Waals surface area contributed by atoms with Crippen LogP contribution in [0.1, 0.15) is 18.5 Å². The Morgan fingerprint density at radius 2 is 1.95 bits per heavy atom. The maximum atomic E-state index is 13.6. The average molecular weight is 277 g/mol. The van der Waals surface area contributed by atoms with Gasteiger partial charge in [0, 0.05) is 5.56 Å². The smallest absolute Gasteiger partial charge is 0.379 e. The van der Waals surface area contributed by atoms with Gasteiger partial charge in [-0.1, -0.05) is 0 Å². The largest absolute Gasteiger partial charge is 0.504 e. The van der Waals surface area contributed by atoms with Gasteiger partial charge >= 0.3 is 11.9 Å². The molecule has 0 radical (unpaired) electrons. The molecule has 106 valence electrons. The quantitative estimate of drug-likeness (QED) is 0.482. The second kappa shape index (κ2) is 5.27. The third-order valence-corrected chi connectivity index (χ3v) is 2.43. The maximum Gasteiger partial charge on any atom is 0.379 e. The predicted molar refractivity (Wildman–Crippen MR) is 59.9 cm³/mol. The number of carbonyl (C=O) groups is 1. The summed E-state index contributed by atoms with van der Waals surface area (Å²) >= 11 is 0. The second-order valence-electron chi connectivity index (χ2n) is 3.69. The first-order valence-electron chi connectivity index (χ1n) is 5.27. The molecule has 1 aromatic carbocycles. The van der Waals surface area contributed by atoms with Crippen molar-refractivity contribution >= 4 is 5.97 Å². The number of hydrogen-bond donors (Lipinski definition) is 4. The van der Waals surface area contributed by atoms with Gasteiger partial charge in [-0.3, -0.25) is 0 Å². The van der Waals surface area contributed by atoms with E-state index in [1.54, 1.807) is 0 Å². The zero-order chi connectivity index (χ0) is 14.8. The standard InChI is InChI=1S/C11H13F2NO5/c1-2-19-10(18)11(12,13)9(14)5-3-4-6(15)8(17)7(5)16/h3-4,9,15-17H,2,14H2,1H3/t9-/m1/s1.